The third kappa shape index (κ3) is 3.84. The highest BCUT2D eigenvalue weighted by Gasteiger charge is 2.18. The number of hydrogen-bond acceptors (Lipinski definition) is 6. The molecule has 0 bridgehead atoms. The fraction of sp³-hybridized carbons (Fsp3) is 0.312. The van der Waals surface area contributed by atoms with Crippen LogP contribution in [0.5, 0.6) is 0 Å². The van der Waals surface area contributed by atoms with E-state index in [1.54, 1.807) is 6.92 Å². The molecule has 0 saturated carbocycles. The minimum absolute atomic E-state index is 0.140. The number of methoxy groups -OCH3 is 1. The van der Waals surface area contributed by atoms with Crippen molar-refractivity contribution in [2.75, 3.05) is 12.9 Å². The van der Waals surface area contributed by atoms with Crippen molar-refractivity contribution >= 4 is 17.7 Å². The Balaban J connectivity index is 2.43. The summed E-state index contributed by atoms with van der Waals surface area (Å²) in [5.41, 5.74) is 2.24. The van der Waals surface area contributed by atoms with Gasteiger partial charge < -0.3 is 9.84 Å². The summed E-state index contributed by atoms with van der Waals surface area (Å²) >= 11 is 1.25. The molecule has 0 unspecified atom stereocenters. The predicted molar refractivity (Wildman–Crippen MR) is 85.6 cm³/mol. The molecule has 0 aliphatic rings. The highest BCUT2D eigenvalue weighted by atomic mass is 32.2. The highest BCUT2D eigenvalue weighted by Crippen LogP contribution is 2.30. The van der Waals surface area contributed by atoms with Crippen LogP contribution in [0.25, 0.3) is 11.4 Å². The molecule has 0 fully saturated rings. The summed E-state index contributed by atoms with van der Waals surface area (Å²) in [5, 5.41) is 10.6. The minimum Gasteiger partial charge on any atom is -0.468 e. The molecule has 1 aromatic carbocycles. The molecule has 0 amide bonds. The van der Waals surface area contributed by atoms with Crippen LogP contribution in [0.1, 0.15) is 24.3 Å². The van der Waals surface area contributed by atoms with Crippen LogP contribution in [-0.4, -0.2) is 33.9 Å². The van der Waals surface area contributed by atoms with Crippen LogP contribution in [0, 0.1) is 6.92 Å². The Morgan fingerprint density at radius 3 is 2.59 bits per heavy atom. The number of carbonyl (C=O) groups is 1. The molecule has 0 spiro atoms. The molecule has 2 aromatic rings. The quantitative estimate of drug-likeness (QED) is 0.519. The van der Waals surface area contributed by atoms with Crippen molar-refractivity contribution in [1.29, 1.82) is 0 Å². The van der Waals surface area contributed by atoms with E-state index in [9.17, 15) is 9.90 Å². The SMILES string of the molecule is COC(=O)CSc1nc(-c2ccccc2)nc(C)c1[C@H](C)O. The fourth-order valence-electron chi connectivity index (χ4n) is 2.05. The molecular weight excluding hydrogens is 300 g/mol. The fourth-order valence-corrected chi connectivity index (χ4v) is 3.05. The number of nitrogens with zero attached hydrogens (tertiary/aromatic N) is 2. The van der Waals surface area contributed by atoms with Gasteiger partial charge in [0.15, 0.2) is 5.82 Å². The van der Waals surface area contributed by atoms with E-state index in [-0.39, 0.29) is 11.7 Å². The zero-order chi connectivity index (χ0) is 16.1. The first-order valence-corrected chi connectivity index (χ1v) is 7.83. The molecule has 1 N–H and O–H groups in total. The van der Waals surface area contributed by atoms with Gasteiger partial charge in [-0.25, -0.2) is 9.97 Å². The summed E-state index contributed by atoms with van der Waals surface area (Å²) in [6.07, 6.45) is -0.704. The monoisotopic (exact) mass is 318 g/mol. The van der Waals surface area contributed by atoms with Crippen LogP contribution in [0.2, 0.25) is 0 Å². The van der Waals surface area contributed by atoms with Crippen LogP contribution in [0.15, 0.2) is 35.4 Å². The molecule has 116 valence electrons. The van der Waals surface area contributed by atoms with Gasteiger partial charge in [-0.3, -0.25) is 4.79 Å². The third-order valence-corrected chi connectivity index (χ3v) is 4.07. The summed E-state index contributed by atoms with van der Waals surface area (Å²) in [6.45, 7) is 3.49. The van der Waals surface area contributed by atoms with Gasteiger partial charge in [0.1, 0.15) is 5.03 Å². The van der Waals surface area contributed by atoms with Crippen molar-refractivity contribution in [2.24, 2.45) is 0 Å². The lowest BCUT2D eigenvalue weighted by Gasteiger charge is -2.14. The van der Waals surface area contributed by atoms with Crippen molar-refractivity contribution < 1.29 is 14.6 Å². The molecule has 2 rings (SSSR count). The van der Waals surface area contributed by atoms with Crippen LogP contribution in [0.4, 0.5) is 0 Å². The van der Waals surface area contributed by atoms with Gasteiger partial charge in [0, 0.05) is 16.8 Å². The zero-order valence-corrected chi connectivity index (χ0v) is 13.6. The van der Waals surface area contributed by atoms with E-state index < -0.39 is 6.10 Å². The maximum absolute atomic E-state index is 11.4. The number of aliphatic hydroxyl groups is 1. The number of aliphatic hydroxyl groups excluding tert-OH is 1. The summed E-state index contributed by atoms with van der Waals surface area (Å²) < 4.78 is 4.65. The van der Waals surface area contributed by atoms with Crippen molar-refractivity contribution in [2.45, 2.75) is 25.0 Å². The number of thioether (sulfide) groups is 1. The maximum Gasteiger partial charge on any atom is 0.316 e. The summed E-state index contributed by atoms with van der Waals surface area (Å²) in [6, 6.07) is 9.60. The summed E-state index contributed by atoms with van der Waals surface area (Å²) in [5.74, 6) is 0.384. The Bertz CT molecular complexity index is 660. The average Bonchev–Trinajstić information content (AvgIpc) is 2.52. The highest BCUT2D eigenvalue weighted by molar-refractivity contribution is 7.99. The number of aryl methyl sites for hydroxylation is 1. The van der Waals surface area contributed by atoms with Crippen molar-refractivity contribution in [3.05, 3.63) is 41.6 Å². The standard InChI is InChI=1S/C16H18N2O3S/c1-10-14(11(2)19)16(22-9-13(20)21-3)18-15(17-10)12-7-5-4-6-8-12/h4-8,11,19H,9H2,1-3H3/t11-/m0/s1. The van der Waals surface area contributed by atoms with Gasteiger partial charge >= 0.3 is 5.97 Å². The molecular formula is C16H18N2O3S. The zero-order valence-electron chi connectivity index (χ0n) is 12.7. The Hall–Kier alpha value is -1.92. The molecule has 1 aromatic heterocycles. The molecule has 22 heavy (non-hydrogen) atoms. The first-order chi connectivity index (χ1) is 10.5. The average molecular weight is 318 g/mol. The van der Waals surface area contributed by atoms with E-state index in [0.717, 1.165) is 5.56 Å². The number of benzene rings is 1. The van der Waals surface area contributed by atoms with Gasteiger partial charge in [-0.2, -0.15) is 0 Å². The van der Waals surface area contributed by atoms with E-state index in [1.165, 1.54) is 18.9 Å². The molecule has 0 aliphatic heterocycles. The van der Waals surface area contributed by atoms with Gasteiger partial charge in [-0.15, -0.1) is 0 Å². The molecule has 0 radical (unpaired) electrons. The molecule has 1 heterocycles. The van der Waals surface area contributed by atoms with Crippen LogP contribution < -0.4 is 0 Å². The Morgan fingerprint density at radius 1 is 1.32 bits per heavy atom. The Morgan fingerprint density at radius 2 is 2.00 bits per heavy atom. The van der Waals surface area contributed by atoms with Gasteiger partial charge in [-0.05, 0) is 13.8 Å². The second-order valence-electron chi connectivity index (χ2n) is 4.76. The van der Waals surface area contributed by atoms with Crippen LogP contribution in [-0.2, 0) is 9.53 Å². The van der Waals surface area contributed by atoms with Crippen molar-refractivity contribution in [3.63, 3.8) is 0 Å². The minimum atomic E-state index is -0.704. The molecule has 1 atom stereocenters. The number of ether oxygens (including phenoxy) is 1. The number of rotatable bonds is 5. The van der Waals surface area contributed by atoms with E-state index in [0.29, 0.717) is 22.1 Å². The topological polar surface area (TPSA) is 72.3 Å². The lowest BCUT2D eigenvalue weighted by Crippen LogP contribution is -2.08. The molecule has 0 saturated heterocycles. The summed E-state index contributed by atoms with van der Waals surface area (Å²) in [4.78, 5) is 20.3. The predicted octanol–water partition coefficient (Wildman–Crippen LogP) is 2.77. The van der Waals surface area contributed by atoms with Crippen molar-refractivity contribution in [1.82, 2.24) is 9.97 Å². The number of esters is 1. The van der Waals surface area contributed by atoms with Gasteiger partial charge in [0.2, 0.25) is 0 Å². The van der Waals surface area contributed by atoms with E-state index in [4.69, 9.17) is 0 Å². The van der Waals surface area contributed by atoms with Crippen molar-refractivity contribution in [3.8, 4) is 11.4 Å². The molecule has 0 aliphatic carbocycles. The van der Waals surface area contributed by atoms with Crippen LogP contribution >= 0.6 is 11.8 Å². The number of hydrogen-bond donors (Lipinski definition) is 1. The Kier molecular flexibility index (Phi) is 5.51. The number of carbonyl (C=O) groups excluding carboxylic acids is 1. The lowest BCUT2D eigenvalue weighted by molar-refractivity contribution is -0.137. The first-order valence-electron chi connectivity index (χ1n) is 6.84. The maximum atomic E-state index is 11.4. The summed E-state index contributed by atoms with van der Waals surface area (Å²) in [7, 11) is 1.35. The van der Waals surface area contributed by atoms with Crippen LogP contribution in [0.3, 0.4) is 0 Å². The molecule has 6 heteroatoms. The molecule has 5 nitrogen and oxygen atoms in total. The first kappa shape index (κ1) is 16.5. The van der Waals surface area contributed by atoms with E-state index >= 15 is 0 Å². The Labute approximate surface area is 133 Å². The van der Waals surface area contributed by atoms with E-state index in [1.807, 2.05) is 37.3 Å². The second kappa shape index (κ2) is 7.38. The smallest absolute Gasteiger partial charge is 0.316 e. The van der Waals surface area contributed by atoms with Gasteiger partial charge in [-0.1, -0.05) is 42.1 Å². The number of aromatic nitrogens is 2. The van der Waals surface area contributed by atoms with Gasteiger partial charge in [0.25, 0.3) is 0 Å². The van der Waals surface area contributed by atoms with Gasteiger partial charge in [0.05, 0.1) is 19.0 Å². The lowest BCUT2D eigenvalue weighted by atomic mass is 10.1. The largest absolute Gasteiger partial charge is 0.468 e. The third-order valence-electron chi connectivity index (χ3n) is 3.11. The second-order valence-corrected chi connectivity index (χ2v) is 5.72. The normalized spacial score (nSPS) is 12.0. The van der Waals surface area contributed by atoms with E-state index in [2.05, 4.69) is 14.7 Å².